The first kappa shape index (κ1) is 18.8. The Hall–Kier alpha value is -1.56. The van der Waals surface area contributed by atoms with Gasteiger partial charge >= 0.3 is 0 Å². The number of aromatic nitrogens is 1. The fraction of sp³-hybridized carbons (Fsp3) is 0.500. The highest BCUT2D eigenvalue weighted by Gasteiger charge is 2.26. The molecule has 1 amide bonds. The van der Waals surface area contributed by atoms with Crippen molar-refractivity contribution in [1.82, 2.24) is 10.3 Å². The van der Waals surface area contributed by atoms with Crippen LogP contribution in [0.15, 0.2) is 24.4 Å². The van der Waals surface area contributed by atoms with Crippen LogP contribution in [-0.4, -0.2) is 36.7 Å². The second kappa shape index (κ2) is 8.51. The van der Waals surface area contributed by atoms with Gasteiger partial charge < -0.3 is 20.8 Å². The number of halogens is 1. The van der Waals surface area contributed by atoms with Crippen molar-refractivity contribution < 1.29 is 9.53 Å². The Bertz CT molecular complexity index is 680. The Morgan fingerprint density at radius 1 is 1.42 bits per heavy atom. The van der Waals surface area contributed by atoms with E-state index >= 15 is 0 Å². The van der Waals surface area contributed by atoms with Gasteiger partial charge in [-0.1, -0.05) is 18.2 Å². The first-order valence-electron chi connectivity index (χ1n) is 8.33. The standard InChI is InChI=1S/C18H25N3O2.ClH/c1-12-3-2-4-15-14(11-21-17(12)15)5-8-20-18(22)16(19)13-6-9-23-10-7-13;/h2-4,11,13,16,21H,5-10,19H2,1H3,(H,20,22);1H. The molecule has 0 radical (unpaired) electrons. The molecule has 1 aromatic carbocycles. The smallest absolute Gasteiger partial charge is 0.237 e. The summed E-state index contributed by atoms with van der Waals surface area (Å²) in [6.07, 6.45) is 4.57. The van der Waals surface area contributed by atoms with E-state index in [1.165, 1.54) is 22.0 Å². The van der Waals surface area contributed by atoms with Crippen LogP contribution in [0.2, 0.25) is 0 Å². The van der Waals surface area contributed by atoms with Crippen LogP contribution in [0.3, 0.4) is 0 Å². The number of benzene rings is 1. The van der Waals surface area contributed by atoms with Crippen LogP contribution in [0.1, 0.15) is 24.0 Å². The summed E-state index contributed by atoms with van der Waals surface area (Å²) in [5.74, 6) is 0.187. The predicted molar refractivity (Wildman–Crippen MR) is 98.5 cm³/mol. The molecule has 0 spiro atoms. The number of H-pyrrole nitrogens is 1. The van der Waals surface area contributed by atoms with E-state index in [-0.39, 0.29) is 24.2 Å². The van der Waals surface area contributed by atoms with Gasteiger partial charge in [0.25, 0.3) is 0 Å². The number of para-hydroxylation sites is 1. The molecule has 1 atom stereocenters. The zero-order valence-corrected chi connectivity index (χ0v) is 14.8. The number of carbonyl (C=O) groups excluding carboxylic acids is 1. The highest BCUT2D eigenvalue weighted by molar-refractivity contribution is 5.86. The molecule has 0 bridgehead atoms. The van der Waals surface area contributed by atoms with E-state index in [2.05, 4.69) is 35.4 Å². The number of amides is 1. The van der Waals surface area contributed by atoms with Gasteiger partial charge in [-0.25, -0.2) is 0 Å². The van der Waals surface area contributed by atoms with Crippen molar-refractivity contribution in [2.45, 2.75) is 32.2 Å². The maximum atomic E-state index is 12.2. The quantitative estimate of drug-likeness (QED) is 0.773. The minimum absolute atomic E-state index is 0. The zero-order valence-electron chi connectivity index (χ0n) is 14.0. The van der Waals surface area contributed by atoms with E-state index in [1.54, 1.807) is 0 Å². The molecule has 6 heteroatoms. The Morgan fingerprint density at radius 3 is 2.92 bits per heavy atom. The van der Waals surface area contributed by atoms with Crippen molar-refractivity contribution >= 4 is 29.2 Å². The molecule has 24 heavy (non-hydrogen) atoms. The number of aryl methyl sites for hydroxylation is 1. The molecule has 1 aromatic heterocycles. The van der Waals surface area contributed by atoms with E-state index in [0.29, 0.717) is 19.8 Å². The van der Waals surface area contributed by atoms with Crippen LogP contribution in [0, 0.1) is 12.8 Å². The molecular weight excluding hydrogens is 326 g/mol. The minimum Gasteiger partial charge on any atom is -0.381 e. The van der Waals surface area contributed by atoms with Crippen molar-refractivity contribution in [3.8, 4) is 0 Å². The van der Waals surface area contributed by atoms with Gasteiger partial charge in [0.1, 0.15) is 0 Å². The number of ether oxygens (including phenoxy) is 1. The van der Waals surface area contributed by atoms with Crippen LogP contribution >= 0.6 is 12.4 Å². The molecule has 1 aliphatic heterocycles. The van der Waals surface area contributed by atoms with Crippen LogP contribution in [0.5, 0.6) is 0 Å². The summed E-state index contributed by atoms with van der Waals surface area (Å²) >= 11 is 0. The van der Waals surface area contributed by atoms with Gasteiger partial charge in [-0.2, -0.15) is 0 Å². The molecule has 132 valence electrons. The lowest BCUT2D eigenvalue weighted by Gasteiger charge is -2.26. The Balaban J connectivity index is 0.00000208. The number of nitrogens with one attached hydrogen (secondary N) is 2. The van der Waals surface area contributed by atoms with Gasteiger partial charge in [-0.05, 0) is 43.2 Å². The van der Waals surface area contributed by atoms with Crippen LogP contribution in [0.4, 0.5) is 0 Å². The van der Waals surface area contributed by atoms with Gasteiger partial charge in [0.2, 0.25) is 5.91 Å². The van der Waals surface area contributed by atoms with E-state index in [1.807, 2.05) is 6.20 Å². The molecule has 1 aliphatic rings. The fourth-order valence-electron chi connectivity index (χ4n) is 3.30. The third kappa shape index (κ3) is 4.09. The number of rotatable bonds is 5. The molecule has 1 fully saturated rings. The molecular formula is C18H26ClN3O2. The van der Waals surface area contributed by atoms with Crippen molar-refractivity contribution in [3.63, 3.8) is 0 Å². The number of nitrogens with two attached hydrogens (primary N) is 1. The normalized spacial score (nSPS) is 16.6. The largest absolute Gasteiger partial charge is 0.381 e. The molecule has 1 unspecified atom stereocenters. The first-order valence-corrected chi connectivity index (χ1v) is 8.33. The zero-order chi connectivity index (χ0) is 16.2. The van der Waals surface area contributed by atoms with Crippen LogP contribution in [-0.2, 0) is 16.0 Å². The lowest BCUT2D eigenvalue weighted by molar-refractivity contribution is -0.124. The van der Waals surface area contributed by atoms with Crippen molar-refractivity contribution in [3.05, 3.63) is 35.5 Å². The summed E-state index contributed by atoms with van der Waals surface area (Å²) in [7, 11) is 0. The Kier molecular flexibility index (Phi) is 6.66. The number of carbonyl (C=O) groups is 1. The van der Waals surface area contributed by atoms with Gasteiger partial charge in [0.05, 0.1) is 6.04 Å². The third-order valence-corrected chi connectivity index (χ3v) is 4.78. The van der Waals surface area contributed by atoms with E-state index in [4.69, 9.17) is 10.5 Å². The number of hydrogen-bond acceptors (Lipinski definition) is 3. The molecule has 3 rings (SSSR count). The van der Waals surface area contributed by atoms with Gasteiger partial charge in [-0.15, -0.1) is 12.4 Å². The summed E-state index contributed by atoms with van der Waals surface area (Å²) in [5, 5.41) is 4.21. The summed E-state index contributed by atoms with van der Waals surface area (Å²) in [6.45, 7) is 4.12. The van der Waals surface area contributed by atoms with Gasteiger partial charge in [0, 0.05) is 36.9 Å². The SMILES string of the molecule is Cc1cccc2c(CCNC(=O)C(N)C3CCOCC3)c[nH]c12.Cl. The maximum absolute atomic E-state index is 12.2. The first-order chi connectivity index (χ1) is 11.2. The van der Waals surface area contributed by atoms with Gasteiger partial charge in [0.15, 0.2) is 0 Å². The summed E-state index contributed by atoms with van der Waals surface area (Å²) in [5.41, 5.74) is 9.72. The number of hydrogen-bond donors (Lipinski definition) is 3. The number of fused-ring (bicyclic) bond motifs is 1. The van der Waals surface area contributed by atoms with Crippen molar-refractivity contribution in [1.29, 1.82) is 0 Å². The summed E-state index contributed by atoms with van der Waals surface area (Å²) in [4.78, 5) is 15.5. The van der Waals surface area contributed by atoms with Crippen LogP contribution in [0.25, 0.3) is 10.9 Å². The molecule has 2 heterocycles. The fourth-order valence-corrected chi connectivity index (χ4v) is 3.30. The van der Waals surface area contributed by atoms with Gasteiger partial charge in [-0.3, -0.25) is 4.79 Å². The van der Waals surface area contributed by atoms with Crippen LogP contribution < -0.4 is 11.1 Å². The molecule has 5 nitrogen and oxygen atoms in total. The molecule has 1 saturated heterocycles. The summed E-state index contributed by atoms with van der Waals surface area (Å²) in [6, 6.07) is 5.85. The second-order valence-corrected chi connectivity index (χ2v) is 6.33. The lowest BCUT2D eigenvalue weighted by Crippen LogP contribution is -2.47. The average molecular weight is 352 g/mol. The molecule has 0 saturated carbocycles. The van der Waals surface area contributed by atoms with E-state index < -0.39 is 6.04 Å². The highest BCUT2D eigenvalue weighted by Crippen LogP contribution is 2.21. The Morgan fingerprint density at radius 2 is 2.17 bits per heavy atom. The summed E-state index contributed by atoms with van der Waals surface area (Å²) < 4.78 is 5.32. The second-order valence-electron chi connectivity index (χ2n) is 6.33. The lowest BCUT2D eigenvalue weighted by atomic mass is 9.92. The molecule has 4 N–H and O–H groups in total. The Labute approximate surface area is 148 Å². The average Bonchev–Trinajstić information content (AvgIpc) is 2.99. The third-order valence-electron chi connectivity index (χ3n) is 4.78. The minimum atomic E-state index is -0.427. The monoisotopic (exact) mass is 351 g/mol. The molecule has 0 aliphatic carbocycles. The van der Waals surface area contributed by atoms with Crippen molar-refractivity contribution in [2.75, 3.05) is 19.8 Å². The predicted octanol–water partition coefficient (Wildman–Crippen LogP) is 2.31. The van der Waals surface area contributed by atoms with E-state index in [0.717, 1.165) is 19.3 Å². The topological polar surface area (TPSA) is 80.1 Å². The van der Waals surface area contributed by atoms with E-state index in [9.17, 15) is 4.79 Å². The maximum Gasteiger partial charge on any atom is 0.237 e. The molecule has 2 aromatic rings. The number of aromatic amines is 1. The highest BCUT2D eigenvalue weighted by atomic mass is 35.5. The van der Waals surface area contributed by atoms with Crippen molar-refractivity contribution in [2.24, 2.45) is 11.7 Å².